The first-order valence-corrected chi connectivity index (χ1v) is 9.91. The first kappa shape index (κ1) is 18.9. The van der Waals surface area contributed by atoms with Crippen molar-refractivity contribution >= 4 is 16.1 Å². The first-order valence-electron chi connectivity index (χ1n) is 8.50. The van der Waals surface area contributed by atoms with Gasteiger partial charge in [-0.3, -0.25) is 8.98 Å². The Bertz CT molecular complexity index is 655. The number of benzene rings is 1. The van der Waals surface area contributed by atoms with Crippen LogP contribution in [-0.4, -0.2) is 27.1 Å². The monoisotopic (exact) mass is 354 g/mol. The Morgan fingerprint density at radius 2 is 1.75 bits per heavy atom. The number of hydrogen-bond acceptors (Lipinski definition) is 5. The molecule has 0 spiro atoms. The van der Waals surface area contributed by atoms with Crippen LogP contribution in [0.3, 0.4) is 0 Å². The van der Waals surface area contributed by atoms with E-state index in [1.165, 1.54) is 0 Å². The van der Waals surface area contributed by atoms with E-state index in [0.717, 1.165) is 5.56 Å². The molecule has 1 aliphatic rings. The summed E-state index contributed by atoms with van der Waals surface area (Å²) in [6.07, 6.45) is 2.58. The van der Waals surface area contributed by atoms with Crippen molar-refractivity contribution in [3.63, 3.8) is 0 Å². The summed E-state index contributed by atoms with van der Waals surface area (Å²) in [5.74, 6) is -0.174. The standard InChI is InChI=1S/C18H26O5S/c1-4-18(17(19)22-5-2)12-10-15(11-13-18)23-24(20,21)16-8-6-14(3)7-9-16/h6-9,15H,4-5,10-13H2,1-3H3. The zero-order valence-electron chi connectivity index (χ0n) is 14.6. The van der Waals surface area contributed by atoms with Crippen molar-refractivity contribution in [2.45, 2.75) is 63.9 Å². The molecule has 5 nitrogen and oxygen atoms in total. The molecule has 24 heavy (non-hydrogen) atoms. The van der Waals surface area contributed by atoms with Crippen LogP contribution in [0.5, 0.6) is 0 Å². The van der Waals surface area contributed by atoms with Crippen molar-refractivity contribution in [1.82, 2.24) is 0 Å². The average molecular weight is 354 g/mol. The van der Waals surface area contributed by atoms with Crippen LogP contribution in [0.1, 0.15) is 51.5 Å². The molecule has 0 N–H and O–H groups in total. The minimum absolute atomic E-state index is 0.172. The maximum Gasteiger partial charge on any atom is 0.312 e. The normalized spacial score (nSPS) is 24.5. The van der Waals surface area contributed by atoms with Crippen LogP contribution in [0.15, 0.2) is 29.2 Å². The Morgan fingerprint density at radius 1 is 1.17 bits per heavy atom. The second kappa shape index (κ2) is 7.66. The summed E-state index contributed by atoms with van der Waals surface area (Å²) in [4.78, 5) is 12.4. The topological polar surface area (TPSA) is 69.7 Å². The van der Waals surface area contributed by atoms with E-state index >= 15 is 0 Å². The number of esters is 1. The third-order valence-electron chi connectivity index (χ3n) is 4.85. The van der Waals surface area contributed by atoms with Gasteiger partial charge in [0.05, 0.1) is 23.0 Å². The van der Waals surface area contributed by atoms with Gasteiger partial charge in [-0.1, -0.05) is 24.6 Å². The van der Waals surface area contributed by atoms with E-state index in [4.69, 9.17) is 8.92 Å². The largest absolute Gasteiger partial charge is 0.466 e. The van der Waals surface area contributed by atoms with Crippen molar-refractivity contribution in [1.29, 1.82) is 0 Å². The van der Waals surface area contributed by atoms with E-state index in [0.29, 0.717) is 38.7 Å². The zero-order valence-corrected chi connectivity index (χ0v) is 15.4. The van der Waals surface area contributed by atoms with E-state index in [-0.39, 0.29) is 17.0 Å². The molecule has 1 aromatic rings. The van der Waals surface area contributed by atoms with Crippen LogP contribution in [0.25, 0.3) is 0 Å². The Morgan fingerprint density at radius 3 is 2.25 bits per heavy atom. The zero-order chi connectivity index (χ0) is 17.8. The van der Waals surface area contributed by atoms with Crippen LogP contribution < -0.4 is 0 Å². The molecule has 0 unspecified atom stereocenters. The minimum Gasteiger partial charge on any atom is -0.466 e. The summed E-state index contributed by atoms with van der Waals surface area (Å²) in [5, 5.41) is 0. The third kappa shape index (κ3) is 4.16. The number of ether oxygens (including phenoxy) is 1. The summed E-state index contributed by atoms with van der Waals surface area (Å²) in [6, 6.07) is 6.62. The predicted molar refractivity (Wildman–Crippen MR) is 91.1 cm³/mol. The molecule has 1 aromatic carbocycles. The lowest BCUT2D eigenvalue weighted by molar-refractivity contribution is -0.158. The molecule has 0 bridgehead atoms. The predicted octanol–water partition coefficient (Wildman–Crippen LogP) is 3.60. The number of carbonyl (C=O) groups is 1. The molecular formula is C18H26O5S. The lowest BCUT2D eigenvalue weighted by atomic mass is 9.71. The van der Waals surface area contributed by atoms with Gasteiger partial charge < -0.3 is 4.74 Å². The first-order chi connectivity index (χ1) is 11.3. The van der Waals surface area contributed by atoms with Gasteiger partial charge in [0.1, 0.15) is 0 Å². The number of carbonyl (C=O) groups excluding carboxylic acids is 1. The van der Waals surface area contributed by atoms with Gasteiger partial charge in [0.25, 0.3) is 10.1 Å². The fourth-order valence-electron chi connectivity index (χ4n) is 3.17. The fraction of sp³-hybridized carbons (Fsp3) is 0.611. The van der Waals surface area contributed by atoms with Crippen molar-refractivity contribution in [3.05, 3.63) is 29.8 Å². The van der Waals surface area contributed by atoms with Gasteiger partial charge in [-0.25, -0.2) is 0 Å². The summed E-state index contributed by atoms with van der Waals surface area (Å²) < 4.78 is 35.3. The molecule has 1 fully saturated rings. The molecule has 1 aliphatic carbocycles. The quantitative estimate of drug-likeness (QED) is 0.577. The summed E-state index contributed by atoms with van der Waals surface area (Å²) in [5.41, 5.74) is 0.498. The van der Waals surface area contributed by atoms with Crippen LogP contribution in [0, 0.1) is 12.3 Å². The molecule has 0 amide bonds. The van der Waals surface area contributed by atoms with E-state index in [1.54, 1.807) is 31.2 Å². The maximum atomic E-state index is 12.4. The molecular weight excluding hydrogens is 328 g/mol. The van der Waals surface area contributed by atoms with Crippen LogP contribution in [0.2, 0.25) is 0 Å². The molecule has 0 radical (unpaired) electrons. The van der Waals surface area contributed by atoms with Crippen LogP contribution in [-0.2, 0) is 23.8 Å². The Kier molecular flexibility index (Phi) is 6.04. The maximum absolute atomic E-state index is 12.4. The van der Waals surface area contributed by atoms with Crippen molar-refractivity contribution in [2.24, 2.45) is 5.41 Å². The SMILES string of the molecule is CCOC(=O)C1(CC)CCC(OS(=O)(=O)c2ccc(C)cc2)CC1. The highest BCUT2D eigenvalue weighted by molar-refractivity contribution is 7.86. The molecule has 0 heterocycles. The van der Waals surface area contributed by atoms with Gasteiger partial charge in [0.2, 0.25) is 0 Å². The van der Waals surface area contributed by atoms with Gasteiger partial charge in [-0.2, -0.15) is 8.42 Å². The summed E-state index contributed by atoms with van der Waals surface area (Å²) in [7, 11) is -3.77. The Hall–Kier alpha value is -1.40. The van der Waals surface area contributed by atoms with Gasteiger partial charge in [-0.15, -0.1) is 0 Å². The second-order valence-corrected chi connectivity index (χ2v) is 7.99. The molecule has 1 saturated carbocycles. The lowest BCUT2D eigenvalue weighted by Crippen LogP contribution is -2.38. The van der Waals surface area contributed by atoms with E-state index < -0.39 is 15.5 Å². The van der Waals surface area contributed by atoms with E-state index in [1.807, 2.05) is 13.8 Å². The molecule has 2 rings (SSSR count). The number of hydrogen-bond donors (Lipinski definition) is 0. The van der Waals surface area contributed by atoms with Gasteiger partial charge in [-0.05, 0) is 58.1 Å². The fourth-order valence-corrected chi connectivity index (χ4v) is 4.30. The highest BCUT2D eigenvalue weighted by Gasteiger charge is 2.42. The van der Waals surface area contributed by atoms with E-state index in [9.17, 15) is 13.2 Å². The van der Waals surface area contributed by atoms with Gasteiger partial charge >= 0.3 is 5.97 Å². The lowest BCUT2D eigenvalue weighted by Gasteiger charge is -2.36. The molecule has 6 heteroatoms. The highest BCUT2D eigenvalue weighted by atomic mass is 32.2. The van der Waals surface area contributed by atoms with Crippen molar-refractivity contribution < 1.29 is 22.1 Å². The van der Waals surface area contributed by atoms with Gasteiger partial charge in [0, 0.05) is 0 Å². The molecule has 0 aromatic heterocycles. The highest BCUT2D eigenvalue weighted by Crippen LogP contribution is 2.41. The second-order valence-electron chi connectivity index (χ2n) is 6.42. The van der Waals surface area contributed by atoms with Crippen LogP contribution in [0.4, 0.5) is 0 Å². The average Bonchev–Trinajstić information content (AvgIpc) is 2.56. The summed E-state index contributed by atoms with van der Waals surface area (Å²) in [6.45, 7) is 6.03. The smallest absolute Gasteiger partial charge is 0.312 e. The number of aryl methyl sites for hydroxylation is 1. The van der Waals surface area contributed by atoms with Gasteiger partial charge in [0.15, 0.2) is 0 Å². The van der Waals surface area contributed by atoms with Crippen LogP contribution >= 0.6 is 0 Å². The Balaban J connectivity index is 2.02. The van der Waals surface area contributed by atoms with E-state index in [2.05, 4.69) is 0 Å². The number of rotatable bonds is 6. The molecule has 134 valence electrons. The van der Waals surface area contributed by atoms with Crippen molar-refractivity contribution in [3.8, 4) is 0 Å². The minimum atomic E-state index is -3.77. The molecule has 0 atom stereocenters. The molecule has 0 saturated heterocycles. The van der Waals surface area contributed by atoms with Crippen molar-refractivity contribution in [2.75, 3.05) is 6.61 Å². The Labute approximate surface area is 144 Å². The summed E-state index contributed by atoms with van der Waals surface area (Å²) >= 11 is 0. The molecule has 0 aliphatic heterocycles. The third-order valence-corrected chi connectivity index (χ3v) is 6.22.